The molecule has 0 saturated heterocycles. The zero-order valence-corrected chi connectivity index (χ0v) is 14.9. The van der Waals surface area contributed by atoms with E-state index < -0.39 is 0 Å². The largest absolute Gasteiger partial charge is 0.497 e. The van der Waals surface area contributed by atoms with Gasteiger partial charge in [0.1, 0.15) is 5.75 Å². The van der Waals surface area contributed by atoms with Crippen molar-refractivity contribution in [3.05, 3.63) is 47.5 Å². The predicted molar refractivity (Wildman–Crippen MR) is 94.0 cm³/mol. The normalized spacial score (nSPS) is 10.9. The molecule has 6 heteroatoms. The molecule has 2 aromatic rings. The van der Waals surface area contributed by atoms with Crippen molar-refractivity contribution in [2.45, 2.75) is 19.9 Å². The van der Waals surface area contributed by atoms with Crippen molar-refractivity contribution in [2.75, 3.05) is 34.3 Å². The van der Waals surface area contributed by atoms with Gasteiger partial charge in [0.25, 0.3) is 0 Å². The van der Waals surface area contributed by atoms with Crippen molar-refractivity contribution in [3.63, 3.8) is 0 Å². The van der Waals surface area contributed by atoms with Crippen LogP contribution in [0.3, 0.4) is 0 Å². The van der Waals surface area contributed by atoms with E-state index in [4.69, 9.17) is 4.74 Å². The number of carbonyl (C=O) groups is 1. The standard InChI is InChI=1S/C18H26N4O2/c1-14-17(20-13-19-14)12-22(9-8-21(2)3)18(23)11-15-6-5-7-16(10-15)24-4/h5-7,10,13H,8-9,11-12H2,1-4H3,(H,19,20). The Balaban J connectivity index is 2.09. The molecule has 6 nitrogen and oxygen atoms in total. The Labute approximate surface area is 143 Å². The van der Waals surface area contributed by atoms with E-state index in [0.717, 1.165) is 29.2 Å². The Hall–Kier alpha value is -2.34. The van der Waals surface area contributed by atoms with Gasteiger partial charge in [-0.05, 0) is 38.7 Å². The lowest BCUT2D eigenvalue weighted by Crippen LogP contribution is -2.37. The van der Waals surface area contributed by atoms with Crippen LogP contribution in [-0.4, -0.2) is 60.0 Å². The number of carbonyl (C=O) groups excluding carboxylic acids is 1. The summed E-state index contributed by atoms with van der Waals surface area (Å²) in [6, 6.07) is 7.64. The molecule has 130 valence electrons. The van der Waals surface area contributed by atoms with Gasteiger partial charge >= 0.3 is 0 Å². The van der Waals surface area contributed by atoms with Gasteiger partial charge in [-0.2, -0.15) is 0 Å². The maximum absolute atomic E-state index is 12.8. The number of imidazole rings is 1. The number of hydrogen-bond acceptors (Lipinski definition) is 4. The third kappa shape index (κ3) is 5.09. The highest BCUT2D eigenvalue weighted by molar-refractivity contribution is 5.78. The van der Waals surface area contributed by atoms with E-state index in [1.165, 1.54) is 0 Å². The van der Waals surface area contributed by atoms with Gasteiger partial charge in [-0.3, -0.25) is 4.79 Å². The highest BCUT2D eigenvalue weighted by Crippen LogP contribution is 2.15. The van der Waals surface area contributed by atoms with Crippen LogP contribution in [0.4, 0.5) is 0 Å². The number of H-pyrrole nitrogens is 1. The number of amides is 1. The average Bonchev–Trinajstić information content (AvgIpc) is 2.96. The number of aromatic amines is 1. The fourth-order valence-electron chi connectivity index (χ4n) is 2.41. The molecular weight excluding hydrogens is 304 g/mol. The second-order valence-electron chi connectivity index (χ2n) is 6.12. The number of methoxy groups -OCH3 is 1. The van der Waals surface area contributed by atoms with Gasteiger partial charge in [0.15, 0.2) is 0 Å². The molecule has 1 aromatic heterocycles. The number of likely N-dealkylation sites (N-methyl/N-ethyl adjacent to an activating group) is 1. The van der Waals surface area contributed by atoms with Gasteiger partial charge in [0.2, 0.25) is 5.91 Å². The van der Waals surface area contributed by atoms with Crippen LogP contribution in [0.2, 0.25) is 0 Å². The Morgan fingerprint density at radius 2 is 2.08 bits per heavy atom. The quantitative estimate of drug-likeness (QED) is 0.802. The summed E-state index contributed by atoms with van der Waals surface area (Å²) in [5.41, 5.74) is 2.86. The summed E-state index contributed by atoms with van der Waals surface area (Å²) in [6.45, 7) is 3.97. The van der Waals surface area contributed by atoms with Gasteiger partial charge < -0.3 is 19.5 Å². The second kappa shape index (κ2) is 8.49. The molecule has 0 aliphatic heterocycles. The summed E-state index contributed by atoms with van der Waals surface area (Å²) in [6.07, 6.45) is 2.02. The summed E-state index contributed by atoms with van der Waals surface area (Å²) in [5.74, 6) is 0.857. The lowest BCUT2D eigenvalue weighted by molar-refractivity contribution is -0.131. The first-order valence-electron chi connectivity index (χ1n) is 8.04. The first kappa shape index (κ1) is 18.0. The smallest absolute Gasteiger partial charge is 0.227 e. The number of aromatic nitrogens is 2. The summed E-state index contributed by atoms with van der Waals surface area (Å²) < 4.78 is 5.23. The number of nitrogens with one attached hydrogen (secondary N) is 1. The Morgan fingerprint density at radius 1 is 1.29 bits per heavy atom. The summed E-state index contributed by atoms with van der Waals surface area (Å²) >= 11 is 0. The molecular formula is C18H26N4O2. The molecule has 0 saturated carbocycles. The van der Waals surface area contributed by atoms with Crippen molar-refractivity contribution >= 4 is 5.91 Å². The molecule has 0 atom stereocenters. The minimum atomic E-state index is 0.0903. The van der Waals surface area contributed by atoms with E-state index in [2.05, 4.69) is 14.9 Å². The van der Waals surface area contributed by atoms with Crippen molar-refractivity contribution in [2.24, 2.45) is 0 Å². The van der Waals surface area contributed by atoms with Crippen LogP contribution in [0.5, 0.6) is 5.75 Å². The molecule has 1 amide bonds. The molecule has 0 unspecified atom stereocenters. The number of benzene rings is 1. The van der Waals surface area contributed by atoms with E-state index >= 15 is 0 Å². The van der Waals surface area contributed by atoms with Gasteiger partial charge in [0.05, 0.1) is 32.1 Å². The first-order chi connectivity index (χ1) is 11.5. The fourth-order valence-corrected chi connectivity index (χ4v) is 2.41. The Morgan fingerprint density at radius 3 is 2.71 bits per heavy atom. The molecule has 0 bridgehead atoms. The number of rotatable bonds is 8. The van der Waals surface area contributed by atoms with Gasteiger partial charge in [-0.25, -0.2) is 4.98 Å². The van der Waals surface area contributed by atoms with Crippen LogP contribution in [0.25, 0.3) is 0 Å². The van der Waals surface area contributed by atoms with Gasteiger partial charge in [-0.1, -0.05) is 12.1 Å². The minimum absolute atomic E-state index is 0.0903. The molecule has 2 rings (SSSR count). The SMILES string of the molecule is COc1cccc(CC(=O)N(CCN(C)C)Cc2nc[nH]c2C)c1. The molecule has 0 radical (unpaired) electrons. The van der Waals surface area contributed by atoms with E-state index in [9.17, 15) is 4.79 Å². The number of hydrogen-bond donors (Lipinski definition) is 1. The first-order valence-corrected chi connectivity index (χ1v) is 8.04. The highest BCUT2D eigenvalue weighted by Gasteiger charge is 2.17. The van der Waals surface area contributed by atoms with Gasteiger partial charge in [-0.15, -0.1) is 0 Å². The van der Waals surface area contributed by atoms with Crippen LogP contribution < -0.4 is 4.74 Å². The molecule has 0 spiro atoms. The monoisotopic (exact) mass is 330 g/mol. The van der Waals surface area contributed by atoms with E-state index in [0.29, 0.717) is 19.5 Å². The molecule has 1 heterocycles. The maximum Gasteiger partial charge on any atom is 0.227 e. The van der Waals surface area contributed by atoms with Crippen molar-refractivity contribution in [3.8, 4) is 5.75 Å². The summed E-state index contributed by atoms with van der Waals surface area (Å²) in [5, 5.41) is 0. The van der Waals surface area contributed by atoms with Crippen LogP contribution >= 0.6 is 0 Å². The third-order valence-electron chi connectivity index (χ3n) is 3.93. The molecule has 1 N–H and O–H groups in total. The predicted octanol–water partition coefficient (Wildman–Crippen LogP) is 1.86. The zero-order chi connectivity index (χ0) is 17.5. The van der Waals surface area contributed by atoms with E-state index in [1.54, 1.807) is 13.4 Å². The van der Waals surface area contributed by atoms with Gasteiger partial charge in [0, 0.05) is 18.8 Å². The Bertz CT molecular complexity index is 667. The lowest BCUT2D eigenvalue weighted by Gasteiger charge is -2.24. The summed E-state index contributed by atoms with van der Waals surface area (Å²) in [4.78, 5) is 24.1. The maximum atomic E-state index is 12.8. The van der Waals surface area contributed by atoms with Crippen molar-refractivity contribution in [1.82, 2.24) is 19.8 Å². The topological polar surface area (TPSA) is 61.5 Å². The summed E-state index contributed by atoms with van der Waals surface area (Å²) in [7, 11) is 5.64. The lowest BCUT2D eigenvalue weighted by atomic mass is 10.1. The Kier molecular flexibility index (Phi) is 6.37. The van der Waals surface area contributed by atoms with Crippen LogP contribution in [-0.2, 0) is 17.8 Å². The number of aryl methyl sites for hydroxylation is 1. The highest BCUT2D eigenvalue weighted by atomic mass is 16.5. The fraction of sp³-hybridized carbons (Fsp3) is 0.444. The number of ether oxygens (including phenoxy) is 1. The molecule has 0 aliphatic carbocycles. The van der Waals surface area contributed by atoms with Crippen molar-refractivity contribution < 1.29 is 9.53 Å². The van der Waals surface area contributed by atoms with Crippen LogP contribution in [0.15, 0.2) is 30.6 Å². The van der Waals surface area contributed by atoms with Crippen LogP contribution in [0, 0.1) is 6.92 Å². The third-order valence-corrected chi connectivity index (χ3v) is 3.93. The van der Waals surface area contributed by atoms with Crippen LogP contribution in [0.1, 0.15) is 17.0 Å². The van der Waals surface area contributed by atoms with Crippen molar-refractivity contribution in [1.29, 1.82) is 0 Å². The molecule has 0 aliphatic rings. The molecule has 1 aromatic carbocycles. The van der Waals surface area contributed by atoms with E-state index in [-0.39, 0.29) is 5.91 Å². The number of nitrogens with zero attached hydrogens (tertiary/aromatic N) is 3. The molecule has 24 heavy (non-hydrogen) atoms. The van der Waals surface area contributed by atoms with E-state index in [1.807, 2.05) is 50.2 Å². The average molecular weight is 330 g/mol. The minimum Gasteiger partial charge on any atom is -0.497 e. The zero-order valence-electron chi connectivity index (χ0n) is 14.9. The molecule has 0 fully saturated rings. The second-order valence-corrected chi connectivity index (χ2v) is 6.12.